The first-order valence-electron chi connectivity index (χ1n) is 7.82. The van der Waals surface area contributed by atoms with E-state index < -0.39 is 0 Å². The second kappa shape index (κ2) is 5.82. The molecule has 2 aliphatic rings. The molecule has 4 unspecified atom stereocenters. The molecule has 2 bridgehead atoms. The summed E-state index contributed by atoms with van der Waals surface area (Å²) in [5.41, 5.74) is 6.80. The van der Waals surface area contributed by atoms with Crippen molar-refractivity contribution in [1.29, 1.82) is 0 Å². The molecule has 0 radical (unpaired) electrons. The van der Waals surface area contributed by atoms with Crippen molar-refractivity contribution in [3.05, 3.63) is 35.6 Å². The third-order valence-corrected chi connectivity index (χ3v) is 5.24. The fourth-order valence-corrected chi connectivity index (χ4v) is 4.28. The van der Waals surface area contributed by atoms with E-state index in [0.29, 0.717) is 5.56 Å². The van der Waals surface area contributed by atoms with Gasteiger partial charge in [0.2, 0.25) is 0 Å². The summed E-state index contributed by atoms with van der Waals surface area (Å²) >= 11 is 0. The molecule has 0 aliphatic heterocycles. The number of hydrogen-bond donors (Lipinski definition) is 1. The Balaban J connectivity index is 1.54. The number of rotatable bonds is 5. The molecule has 0 aromatic heterocycles. The molecule has 0 saturated heterocycles. The molecule has 0 heterocycles. The summed E-state index contributed by atoms with van der Waals surface area (Å²) in [4.78, 5) is 2.29. The van der Waals surface area contributed by atoms with Crippen LogP contribution in [0.15, 0.2) is 24.3 Å². The second-order valence-corrected chi connectivity index (χ2v) is 6.78. The van der Waals surface area contributed by atoms with E-state index in [1.807, 2.05) is 6.07 Å². The Morgan fingerprint density at radius 1 is 1.30 bits per heavy atom. The van der Waals surface area contributed by atoms with Gasteiger partial charge in [0, 0.05) is 24.7 Å². The number of fused-ring (bicyclic) bond motifs is 2. The molecule has 110 valence electrons. The molecule has 2 nitrogen and oxygen atoms in total. The lowest BCUT2D eigenvalue weighted by molar-refractivity contribution is 0.211. The maximum Gasteiger partial charge on any atom is 0.128 e. The minimum absolute atomic E-state index is 0.187. The van der Waals surface area contributed by atoms with Gasteiger partial charge in [0.25, 0.3) is 0 Å². The summed E-state index contributed by atoms with van der Waals surface area (Å²) in [6.07, 6.45) is 5.70. The average molecular weight is 276 g/mol. The first-order valence-corrected chi connectivity index (χ1v) is 7.82. The van der Waals surface area contributed by atoms with Crippen molar-refractivity contribution < 1.29 is 4.39 Å². The van der Waals surface area contributed by atoms with Gasteiger partial charge < -0.3 is 10.6 Å². The van der Waals surface area contributed by atoms with Gasteiger partial charge in [0.1, 0.15) is 5.82 Å². The molecular weight excluding hydrogens is 251 g/mol. The van der Waals surface area contributed by atoms with Crippen molar-refractivity contribution in [2.45, 2.75) is 31.7 Å². The van der Waals surface area contributed by atoms with Crippen LogP contribution >= 0.6 is 0 Å². The van der Waals surface area contributed by atoms with E-state index >= 15 is 0 Å². The largest absolute Gasteiger partial charge is 0.323 e. The second-order valence-electron chi connectivity index (χ2n) is 6.78. The van der Waals surface area contributed by atoms with Crippen molar-refractivity contribution in [1.82, 2.24) is 4.90 Å². The third kappa shape index (κ3) is 2.89. The zero-order chi connectivity index (χ0) is 14.1. The Labute approximate surface area is 121 Å². The van der Waals surface area contributed by atoms with Crippen LogP contribution in [0.4, 0.5) is 4.39 Å². The molecule has 1 aromatic rings. The zero-order valence-electron chi connectivity index (χ0n) is 12.3. The highest BCUT2D eigenvalue weighted by molar-refractivity contribution is 5.21. The molecule has 2 aliphatic carbocycles. The highest BCUT2D eigenvalue weighted by Crippen LogP contribution is 2.48. The van der Waals surface area contributed by atoms with E-state index in [1.54, 1.807) is 12.1 Å². The van der Waals surface area contributed by atoms with Crippen LogP contribution in [0.1, 0.15) is 37.3 Å². The minimum Gasteiger partial charge on any atom is -0.323 e. The Morgan fingerprint density at radius 3 is 2.75 bits per heavy atom. The molecule has 3 heteroatoms. The number of likely N-dealkylation sites (N-methyl/N-ethyl adjacent to an activating group) is 1. The van der Waals surface area contributed by atoms with Gasteiger partial charge in [-0.1, -0.05) is 24.6 Å². The van der Waals surface area contributed by atoms with Crippen molar-refractivity contribution in [2.24, 2.45) is 23.5 Å². The molecule has 4 atom stereocenters. The molecule has 20 heavy (non-hydrogen) atoms. The van der Waals surface area contributed by atoms with Crippen molar-refractivity contribution in [3.8, 4) is 0 Å². The summed E-state index contributed by atoms with van der Waals surface area (Å²) < 4.78 is 13.7. The summed E-state index contributed by atoms with van der Waals surface area (Å²) in [6.45, 7) is 1.85. The van der Waals surface area contributed by atoms with Crippen LogP contribution in [0.3, 0.4) is 0 Å². The van der Waals surface area contributed by atoms with E-state index in [-0.39, 0.29) is 11.9 Å². The van der Waals surface area contributed by atoms with Crippen LogP contribution in [0.5, 0.6) is 0 Å². The van der Waals surface area contributed by atoms with Gasteiger partial charge in [0.15, 0.2) is 0 Å². The predicted molar refractivity (Wildman–Crippen MR) is 79.8 cm³/mol. The lowest BCUT2D eigenvalue weighted by Crippen LogP contribution is -2.34. The Kier molecular flexibility index (Phi) is 4.08. The normalized spacial score (nSPS) is 30.1. The third-order valence-electron chi connectivity index (χ3n) is 5.24. The molecular formula is C17H25FN2. The zero-order valence-corrected chi connectivity index (χ0v) is 12.3. The average Bonchev–Trinajstić information content (AvgIpc) is 3.01. The van der Waals surface area contributed by atoms with Crippen LogP contribution in [-0.2, 0) is 0 Å². The fraction of sp³-hybridized carbons (Fsp3) is 0.647. The van der Waals surface area contributed by atoms with Gasteiger partial charge in [-0.2, -0.15) is 0 Å². The number of benzene rings is 1. The van der Waals surface area contributed by atoms with E-state index in [2.05, 4.69) is 11.9 Å². The number of nitrogens with zero attached hydrogens (tertiary/aromatic N) is 1. The lowest BCUT2D eigenvalue weighted by Gasteiger charge is -2.29. The summed E-state index contributed by atoms with van der Waals surface area (Å²) in [7, 11) is 2.12. The Bertz CT molecular complexity index is 462. The number of halogens is 1. The molecule has 0 spiro atoms. The van der Waals surface area contributed by atoms with E-state index in [9.17, 15) is 4.39 Å². The summed E-state index contributed by atoms with van der Waals surface area (Å²) in [5, 5.41) is 0. The van der Waals surface area contributed by atoms with Crippen molar-refractivity contribution >= 4 is 0 Å². The standard InChI is InChI=1S/C17H25FN2/c1-20(10-14-9-12-6-7-13(14)8-12)11-17(19)15-4-2-3-5-16(15)18/h2-5,12-14,17H,6-11,19H2,1H3. The quantitative estimate of drug-likeness (QED) is 0.895. The monoisotopic (exact) mass is 276 g/mol. The summed E-state index contributed by atoms with van der Waals surface area (Å²) in [6, 6.07) is 6.62. The van der Waals surface area contributed by atoms with Gasteiger partial charge in [-0.3, -0.25) is 0 Å². The van der Waals surface area contributed by atoms with E-state index in [1.165, 1.54) is 31.7 Å². The van der Waals surface area contributed by atoms with E-state index in [0.717, 1.165) is 30.8 Å². The first kappa shape index (κ1) is 14.0. The molecule has 3 rings (SSSR count). The van der Waals surface area contributed by atoms with Gasteiger partial charge in [-0.15, -0.1) is 0 Å². The topological polar surface area (TPSA) is 29.3 Å². The maximum atomic E-state index is 13.7. The molecule has 1 aromatic carbocycles. The highest BCUT2D eigenvalue weighted by atomic mass is 19.1. The maximum absolute atomic E-state index is 13.7. The predicted octanol–water partition coefficient (Wildman–Crippen LogP) is 3.19. The van der Waals surface area contributed by atoms with Crippen LogP contribution in [0.2, 0.25) is 0 Å². The molecule has 2 saturated carbocycles. The first-order chi connectivity index (χ1) is 9.63. The van der Waals surface area contributed by atoms with Crippen LogP contribution < -0.4 is 5.73 Å². The van der Waals surface area contributed by atoms with Crippen LogP contribution in [0, 0.1) is 23.6 Å². The Morgan fingerprint density at radius 2 is 2.10 bits per heavy atom. The molecule has 2 N–H and O–H groups in total. The lowest BCUT2D eigenvalue weighted by atomic mass is 9.88. The fourth-order valence-electron chi connectivity index (χ4n) is 4.28. The summed E-state index contributed by atoms with van der Waals surface area (Å²) in [5.74, 6) is 2.57. The van der Waals surface area contributed by atoms with Crippen molar-refractivity contribution in [3.63, 3.8) is 0 Å². The molecule has 2 fully saturated rings. The highest BCUT2D eigenvalue weighted by Gasteiger charge is 2.39. The van der Waals surface area contributed by atoms with Crippen LogP contribution in [0.25, 0.3) is 0 Å². The molecule has 0 amide bonds. The smallest absolute Gasteiger partial charge is 0.128 e. The van der Waals surface area contributed by atoms with Gasteiger partial charge in [0.05, 0.1) is 0 Å². The number of nitrogens with two attached hydrogens (primary N) is 1. The van der Waals surface area contributed by atoms with Gasteiger partial charge >= 0.3 is 0 Å². The minimum atomic E-state index is -0.236. The Hall–Kier alpha value is -0.930. The van der Waals surface area contributed by atoms with Gasteiger partial charge in [-0.05, 0) is 50.1 Å². The number of hydrogen-bond acceptors (Lipinski definition) is 2. The van der Waals surface area contributed by atoms with Crippen molar-refractivity contribution in [2.75, 3.05) is 20.1 Å². The SMILES string of the molecule is CN(CC(N)c1ccccc1F)CC1CC2CCC1C2. The van der Waals surface area contributed by atoms with E-state index in [4.69, 9.17) is 5.73 Å². The van der Waals surface area contributed by atoms with Gasteiger partial charge in [-0.25, -0.2) is 4.39 Å². The van der Waals surface area contributed by atoms with Crippen LogP contribution in [-0.4, -0.2) is 25.0 Å².